The van der Waals surface area contributed by atoms with Gasteiger partial charge in [0.25, 0.3) is 5.91 Å². The minimum Gasteiger partial charge on any atom is -0.344 e. The Morgan fingerprint density at radius 2 is 1.96 bits per heavy atom. The Balaban J connectivity index is 1.84. The van der Waals surface area contributed by atoms with Crippen molar-refractivity contribution in [2.24, 2.45) is 0 Å². The molecule has 1 amide bonds. The van der Waals surface area contributed by atoms with Crippen LogP contribution in [0.5, 0.6) is 0 Å². The molecule has 0 bridgehead atoms. The fourth-order valence-corrected chi connectivity index (χ4v) is 2.79. The molecule has 1 unspecified atom stereocenters. The second-order valence-electron chi connectivity index (χ2n) is 5.75. The predicted octanol–water partition coefficient (Wildman–Crippen LogP) is 3.91. The van der Waals surface area contributed by atoms with Crippen LogP contribution in [0.2, 0.25) is 0 Å². The lowest BCUT2D eigenvalue weighted by atomic mass is 10.0. The zero-order chi connectivity index (χ0) is 16.2. The number of fused-ring (bicyclic) bond motifs is 1. The minimum atomic E-state index is -0.129. The third-order valence-electron chi connectivity index (χ3n) is 4.01. The number of rotatable bonds is 5. The number of hydrogen-bond acceptors (Lipinski definition) is 2. The Hall–Kier alpha value is -2.62. The van der Waals surface area contributed by atoms with Crippen LogP contribution in [0.15, 0.2) is 54.7 Å². The highest BCUT2D eigenvalue weighted by molar-refractivity contribution is 5.93. The van der Waals surface area contributed by atoms with Gasteiger partial charge in [-0.05, 0) is 31.0 Å². The van der Waals surface area contributed by atoms with Crippen LogP contribution >= 0.6 is 0 Å². The molecule has 2 heterocycles. The van der Waals surface area contributed by atoms with Crippen molar-refractivity contribution in [3.05, 3.63) is 71.7 Å². The Morgan fingerprint density at radius 3 is 2.65 bits per heavy atom. The molecular weight excluding hydrogens is 286 g/mol. The van der Waals surface area contributed by atoms with Crippen molar-refractivity contribution in [1.82, 2.24) is 14.7 Å². The maximum atomic E-state index is 12.6. The lowest BCUT2D eigenvalue weighted by Gasteiger charge is -2.17. The number of pyridine rings is 1. The van der Waals surface area contributed by atoms with E-state index in [0.717, 1.165) is 29.7 Å². The topological polar surface area (TPSA) is 46.4 Å². The number of amides is 1. The van der Waals surface area contributed by atoms with Crippen molar-refractivity contribution in [3.8, 4) is 0 Å². The molecule has 0 saturated carbocycles. The Labute approximate surface area is 136 Å². The largest absolute Gasteiger partial charge is 0.344 e. The Morgan fingerprint density at radius 1 is 1.17 bits per heavy atom. The normalized spacial score (nSPS) is 12.3. The number of carbonyl (C=O) groups is 1. The van der Waals surface area contributed by atoms with Crippen molar-refractivity contribution < 1.29 is 4.79 Å². The first-order valence-electron chi connectivity index (χ1n) is 7.99. The maximum absolute atomic E-state index is 12.6. The molecule has 0 radical (unpaired) electrons. The molecule has 0 aliphatic rings. The highest BCUT2D eigenvalue weighted by Gasteiger charge is 2.17. The summed E-state index contributed by atoms with van der Waals surface area (Å²) in [6.45, 7) is 4.12. The van der Waals surface area contributed by atoms with E-state index in [1.807, 2.05) is 47.7 Å². The summed E-state index contributed by atoms with van der Waals surface area (Å²) < 4.78 is 1.94. The molecule has 3 rings (SSSR count). The van der Waals surface area contributed by atoms with E-state index in [1.54, 1.807) is 6.20 Å². The molecule has 23 heavy (non-hydrogen) atoms. The summed E-state index contributed by atoms with van der Waals surface area (Å²) in [5.41, 5.74) is 3.43. The van der Waals surface area contributed by atoms with Crippen molar-refractivity contribution >= 4 is 11.6 Å². The molecule has 1 N–H and O–H groups in total. The molecule has 0 aliphatic heterocycles. The van der Waals surface area contributed by atoms with E-state index in [1.165, 1.54) is 0 Å². The SMILES string of the molecule is CCCC(NC(=O)c1cn2c(C)cccc2n1)c1ccccc1. The van der Waals surface area contributed by atoms with Gasteiger partial charge in [-0.2, -0.15) is 0 Å². The highest BCUT2D eigenvalue weighted by atomic mass is 16.2. The average Bonchev–Trinajstić information content (AvgIpc) is 3.01. The van der Waals surface area contributed by atoms with Gasteiger partial charge in [-0.1, -0.05) is 49.7 Å². The molecule has 1 aromatic carbocycles. The van der Waals surface area contributed by atoms with Gasteiger partial charge in [-0.15, -0.1) is 0 Å². The van der Waals surface area contributed by atoms with Gasteiger partial charge in [0.15, 0.2) is 0 Å². The number of nitrogens with one attached hydrogen (secondary N) is 1. The molecular formula is C19H21N3O. The smallest absolute Gasteiger partial charge is 0.271 e. The highest BCUT2D eigenvalue weighted by Crippen LogP contribution is 2.19. The quantitative estimate of drug-likeness (QED) is 0.776. The summed E-state index contributed by atoms with van der Waals surface area (Å²) in [7, 11) is 0. The lowest BCUT2D eigenvalue weighted by Crippen LogP contribution is -2.28. The van der Waals surface area contributed by atoms with E-state index < -0.39 is 0 Å². The summed E-state index contributed by atoms with van der Waals surface area (Å²) in [6.07, 6.45) is 3.71. The van der Waals surface area contributed by atoms with Crippen LogP contribution in [0.4, 0.5) is 0 Å². The number of aromatic nitrogens is 2. The van der Waals surface area contributed by atoms with Crippen molar-refractivity contribution in [2.45, 2.75) is 32.7 Å². The summed E-state index contributed by atoms with van der Waals surface area (Å²) in [5, 5.41) is 3.12. The van der Waals surface area contributed by atoms with E-state index in [4.69, 9.17) is 0 Å². The van der Waals surface area contributed by atoms with E-state index in [-0.39, 0.29) is 11.9 Å². The Kier molecular flexibility index (Phi) is 4.42. The summed E-state index contributed by atoms with van der Waals surface area (Å²) in [5.74, 6) is -0.129. The average molecular weight is 307 g/mol. The number of imidazole rings is 1. The van der Waals surface area contributed by atoms with Crippen LogP contribution in [0.3, 0.4) is 0 Å². The molecule has 4 nitrogen and oxygen atoms in total. The lowest BCUT2D eigenvalue weighted by molar-refractivity contribution is 0.0930. The summed E-state index contributed by atoms with van der Waals surface area (Å²) >= 11 is 0. The third-order valence-corrected chi connectivity index (χ3v) is 4.01. The molecule has 3 aromatic rings. The van der Waals surface area contributed by atoms with Gasteiger partial charge in [-0.25, -0.2) is 4.98 Å². The van der Waals surface area contributed by atoms with Crippen molar-refractivity contribution in [3.63, 3.8) is 0 Å². The summed E-state index contributed by atoms with van der Waals surface area (Å²) in [4.78, 5) is 17.0. The Bertz CT molecular complexity index is 808. The van der Waals surface area contributed by atoms with Gasteiger partial charge >= 0.3 is 0 Å². The summed E-state index contributed by atoms with van der Waals surface area (Å²) in [6, 6.07) is 16.0. The van der Waals surface area contributed by atoms with E-state index in [2.05, 4.69) is 29.4 Å². The van der Waals surface area contributed by atoms with E-state index >= 15 is 0 Å². The second-order valence-corrected chi connectivity index (χ2v) is 5.75. The van der Waals surface area contributed by atoms with E-state index in [9.17, 15) is 4.79 Å². The molecule has 0 fully saturated rings. The molecule has 2 aromatic heterocycles. The van der Waals surface area contributed by atoms with Gasteiger partial charge < -0.3 is 9.72 Å². The van der Waals surface area contributed by atoms with Crippen LogP contribution < -0.4 is 5.32 Å². The number of hydrogen-bond donors (Lipinski definition) is 1. The number of nitrogens with zero attached hydrogens (tertiary/aromatic N) is 2. The number of aryl methyl sites for hydroxylation is 1. The zero-order valence-corrected chi connectivity index (χ0v) is 13.5. The van der Waals surface area contributed by atoms with E-state index in [0.29, 0.717) is 5.69 Å². The molecule has 0 saturated heterocycles. The fourth-order valence-electron chi connectivity index (χ4n) is 2.79. The van der Waals surface area contributed by atoms with Gasteiger partial charge in [0.1, 0.15) is 11.3 Å². The molecule has 4 heteroatoms. The third kappa shape index (κ3) is 3.26. The van der Waals surface area contributed by atoms with Crippen molar-refractivity contribution in [1.29, 1.82) is 0 Å². The molecule has 0 spiro atoms. The van der Waals surface area contributed by atoms with Crippen molar-refractivity contribution in [2.75, 3.05) is 0 Å². The van der Waals surface area contributed by atoms with Crippen LogP contribution in [0.25, 0.3) is 5.65 Å². The minimum absolute atomic E-state index is 0.0135. The standard InChI is InChI=1S/C19H21N3O/c1-3-8-16(15-10-5-4-6-11-15)21-19(23)17-13-22-14(2)9-7-12-18(22)20-17/h4-7,9-13,16H,3,8H2,1-2H3,(H,21,23). The molecule has 1 atom stereocenters. The molecule has 118 valence electrons. The van der Waals surface area contributed by atoms with Crippen LogP contribution in [-0.2, 0) is 0 Å². The zero-order valence-electron chi connectivity index (χ0n) is 13.5. The fraction of sp³-hybridized carbons (Fsp3) is 0.263. The van der Waals surface area contributed by atoms with Gasteiger partial charge in [0, 0.05) is 11.9 Å². The van der Waals surface area contributed by atoms with Gasteiger partial charge in [0.05, 0.1) is 6.04 Å². The van der Waals surface area contributed by atoms with Crippen LogP contribution in [-0.4, -0.2) is 15.3 Å². The second kappa shape index (κ2) is 6.65. The van der Waals surface area contributed by atoms with Gasteiger partial charge in [-0.3, -0.25) is 4.79 Å². The first-order chi connectivity index (χ1) is 11.2. The predicted molar refractivity (Wildman–Crippen MR) is 91.5 cm³/mol. The first kappa shape index (κ1) is 15.3. The van der Waals surface area contributed by atoms with Crippen LogP contribution in [0, 0.1) is 6.92 Å². The monoisotopic (exact) mass is 307 g/mol. The number of benzene rings is 1. The molecule has 0 aliphatic carbocycles. The van der Waals surface area contributed by atoms with Gasteiger partial charge in [0.2, 0.25) is 0 Å². The van der Waals surface area contributed by atoms with Crippen LogP contribution in [0.1, 0.15) is 47.6 Å². The number of carbonyl (C=O) groups excluding carboxylic acids is 1. The first-order valence-corrected chi connectivity index (χ1v) is 7.99. The maximum Gasteiger partial charge on any atom is 0.271 e.